The van der Waals surface area contributed by atoms with Crippen LogP contribution >= 0.6 is 0 Å². The number of carboxylic acid groups (broad SMARTS) is 1. The maximum Gasteiger partial charge on any atom is 0.368 e. The van der Waals surface area contributed by atoms with Crippen LogP contribution in [0.4, 0.5) is 0 Å². The van der Waals surface area contributed by atoms with E-state index in [1.165, 1.54) is 0 Å². The van der Waals surface area contributed by atoms with Gasteiger partial charge < -0.3 is 25.1 Å². The number of rotatable bonds is 7. The number of esters is 3. The average molecular weight is 276 g/mol. The third-order valence-electron chi connectivity index (χ3n) is 1.71. The first-order valence-electron chi connectivity index (χ1n) is 5.01. The SMILES string of the molecule is COC(=O)/C=C/C(=O)OCOC(=O)[C@@H]([NH3+])CC(=O)O. The van der Waals surface area contributed by atoms with Gasteiger partial charge in [-0.05, 0) is 0 Å². The van der Waals surface area contributed by atoms with E-state index in [9.17, 15) is 19.2 Å². The van der Waals surface area contributed by atoms with E-state index in [4.69, 9.17) is 5.11 Å². The van der Waals surface area contributed by atoms with Crippen LogP contribution in [-0.4, -0.2) is 48.9 Å². The first-order chi connectivity index (χ1) is 8.86. The fourth-order valence-electron chi connectivity index (χ4n) is 0.810. The highest BCUT2D eigenvalue weighted by Gasteiger charge is 2.22. The van der Waals surface area contributed by atoms with E-state index in [-0.39, 0.29) is 0 Å². The Hall–Kier alpha value is -2.42. The maximum absolute atomic E-state index is 11.1. The number of quaternary nitrogens is 1. The number of ether oxygens (including phenoxy) is 3. The maximum atomic E-state index is 11.1. The molecule has 0 aromatic heterocycles. The molecular formula is C10H14NO8+. The smallest absolute Gasteiger partial charge is 0.368 e. The molecule has 1 atom stereocenters. The van der Waals surface area contributed by atoms with Gasteiger partial charge in [0.2, 0.25) is 6.79 Å². The zero-order valence-electron chi connectivity index (χ0n) is 10.2. The van der Waals surface area contributed by atoms with Gasteiger partial charge in [0.15, 0.2) is 6.04 Å². The summed E-state index contributed by atoms with van der Waals surface area (Å²) in [6.45, 7) is -0.700. The zero-order valence-corrected chi connectivity index (χ0v) is 10.2. The number of hydrogen-bond donors (Lipinski definition) is 2. The molecule has 0 rings (SSSR count). The van der Waals surface area contributed by atoms with Crippen LogP contribution in [0.15, 0.2) is 12.2 Å². The summed E-state index contributed by atoms with van der Waals surface area (Å²) in [4.78, 5) is 43.0. The number of hydrogen-bond acceptors (Lipinski definition) is 7. The van der Waals surface area contributed by atoms with Gasteiger partial charge in [0, 0.05) is 12.2 Å². The zero-order chi connectivity index (χ0) is 14.8. The van der Waals surface area contributed by atoms with Crippen molar-refractivity contribution in [2.45, 2.75) is 12.5 Å². The van der Waals surface area contributed by atoms with Crippen LogP contribution in [0.5, 0.6) is 0 Å². The molecular weight excluding hydrogens is 262 g/mol. The van der Waals surface area contributed by atoms with E-state index in [0.717, 1.165) is 19.3 Å². The fourth-order valence-corrected chi connectivity index (χ4v) is 0.810. The molecule has 0 saturated carbocycles. The van der Waals surface area contributed by atoms with Crippen LogP contribution in [0.1, 0.15) is 6.42 Å². The minimum Gasteiger partial charge on any atom is -0.481 e. The number of carbonyl (C=O) groups excluding carboxylic acids is 3. The summed E-state index contributed by atoms with van der Waals surface area (Å²) in [5.41, 5.74) is 3.28. The average Bonchev–Trinajstić information content (AvgIpc) is 2.34. The van der Waals surface area contributed by atoms with Gasteiger partial charge in [-0.1, -0.05) is 0 Å². The van der Waals surface area contributed by atoms with Crippen LogP contribution in [0, 0.1) is 0 Å². The van der Waals surface area contributed by atoms with Crippen molar-refractivity contribution in [2.75, 3.05) is 13.9 Å². The standard InChI is InChI=1S/C10H13NO8/c1-17-8(14)2-3-9(15)18-5-19-10(16)6(11)4-7(12)13/h2-3,6H,4-5,11H2,1H3,(H,12,13)/p+1/b3-2+/t6-/m0/s1. The van der Waals surface area contributed by atoms with Crippen molar-refractivity contribution in [3.8, 4) is 0 Å². The molecule has 0 radical (unpaired) electrons. The lowest BCUT2D eigenvalue weighted by molar-refractivity contribution is -0.408. The van der Waals surface area contributed by atoms with Crippen LogP contribution in [0.2, 0.25) is 0 Å². The molecule has 9 nitrogen and oxygen atoms in total. The number of carbonyl (C=O) groups is 4. The normalized spacial score (nSPS) is 11.7. The summed E-state index contributed by atoms with van der Waals surface area (Å²) in [6.07, 6.45) is 1.13. The van der Waals surface area contributed by atoms with Crippen LogP contribution in [0.25, 0.3) is 0 Å². The van der Waals surface area contributed by atoms with Gasteiger partial charge in [-0.2, -0.15) is 0 Å². The van der Waals surface area contributed by atoms with Crippen molar-refractivity contribution in [3.05, 3.63) is 12.2 Å². The van der Waals surface area contributed by atoms with Gasteiger partial charge in [-0.3, -0.25) is 4.79 Å². The molecule has 0 heterocycles. The Bertz CT molecular complexity index is 389. The first-order valence-corrected chi connectivity index (χ1v) is 5.01. The summed E-state index contributed by atoms with van der Waals surface area (Å²) < 4.78 is 13.1. The second-order valence-electron chi connectivity index (χ2n) is 3.20. The van der Waals surface area contributed by atoms with Crippen LogP contribution in [-0.2, 0) is 33.4 Å². The van der Waals surface area contributed by atoms with E-state index in [0.29, 0.717) is 0 Å². The van der Waals surface area contributed by atoms with Crippen LogP contribution in [0.3, 0.4) is 0 Å². The molecule has 0 unspecified atom stereocenters. The topological polar surface area (TPSA) is 144 Å². The Morgan fingerprint density at radius 1 is 1.16 bits per heavy atom. The van der Waals surface area contributed by atoms with Gasteiger partial charge in [-0.25, -0.2) is 14.4 Å². The molecule has 4 N–H and O–H groups in total. The van der Waals surface area contributed by atoms with Crippen molar-refractivity contribution >= 4 is 23.9 Å². The van der Waals surface area contributed by atoms with Gasteiger partial charge in [-0.15, -0.1) is 0 Å². The Kier molecular flexibility index (Phi) is 7.54. The highest BCUT2D eigenvalue weighted by atomic mass is 16.7. The fraction of sp³-hybridized carbons (Fsp3) is 0.400. The van der Waals surface area contributed by atoms with Gasteiger partial charge in [0.05, 0.1) is 7.11 Å². The van der Waals surface area contributed by atoms with Gasteiger partial charge >= 0.3 is 23.9 Å². The lowest BCUT2D eigenvalue weighted by atomic mass is 10.2. The lowest BCUT2D eigenvalue weighted by Gasteiger charge is -2.06. The molecule has 0 saturated heterocycles. The summed E-state index contributed by atoms with van der Waals surface area (Å²) in [7, 11) is 1.14. The predicted octanol–water partition coefficient (Wildman–Crippen LogP) is -2.16. The third kappa shape index (κ3) is 8.32. The second kappa shape index (κ2) is 8.64. The first kappa shape index (κ1) is 16.6. The van der Waals surface area contributed by atoms with Crippen molar-refractivity contribution in [1.82, 2.24) is 0 Å². The third-order valence-corrected chi connectivity index (χ3v) is 1.71. The number of aliphatic carboxylic acids is 1. The second-order valence-corrected chi connectivity index (χ2v) is 3.20. The molecule has 0 bridgehead atoms. The van der Waals surface area contributed by atoms with Crippen molar-refractivity contribution in [3.63, 3.8) is 0 Å². The van der Waals surface area contributed by atoms with Crippen molar-refractivity contribution < 1.29 is 44.2 Å². The van der Waals surface area contributed by atoms with E-state index >= 15 is 0 Å². The minimum atomic E-state index is -1.20. The molecule has 0 aliphatic carbocycles. The Morgan fingerprint density at radius 3 is 2.26 bits per heavy atom. The largest absolute Gasteiger partial charge is 0.481 e. The molecule has 0 spiro atoms. The Balaban J connectivity index is 3.93. The molecule has 0 fully saturated rings. The summed E-state index contributed by atoms with van der Waals surface area (Å²) in [6, 6.07) is -1.10. The van der Waals surface area contributed by atoms with Gasteiger partial charge in [0.1, 0.15) is 6.42 Å². The molecule has 106 valence electrons. The highest BCUT2D eigenvalue weighted by Crippen LogP contribution is 1.92. The van der Waals surface area contributed by atoms with E-state index in [1.54, 1.807) is 0 Å². The summed E-state index contributed by atoms with van der Waals surface area (Å²) in [5.74, 6) is -3.77. The molecule has 0 aliphatic heterocycles. The Labute approximate surface area is 107 Å². The van der Waals surface area contributed by atoms with E-state index < -0.39 is 43.1 Å². The van der Waals surface area contributed by atoms with Crippen molar-refractivity contribution in [2.24, 2.45) is 0 Å². The quantitative estimate of drug-likeness (QED) is 0.304. The minimum absolute atomic E-state index is 0.491. The molecule has 0 aromatic rings. The summed E-state index contributed by atoms with van der Waals surface area (Å²) >= 11 is 0. The molecule has 0 amide bonds. The monoisotopic (exact) mass is 276 g/mol. The van der Waals surface area contributed by atoms with Gasteiger partial charge in [0.25, 0.3) is 0 Å². The predicted molar refractivity (Wildman–Crippen MR) is 57.1 cm³/mol. The number of methoxy groups -OCH3 is 1. The number of carboxylic acids is 1. The Morgan fingerprint density at radius 2 is 1.74 bits per heavy atom. The lowest BCUT2D eigenvalue weighted by Crippen LogP contribution is -2.66. The molecule has 0 aromatic carbocycles. The molecule has 19 heavy (non-hydrogen) atoms. The molecule has 0 aliphatic rings. The van der Waals surface area contributed by atoms with Crippen molar-refractivity contribution in [1.29, 1.82) is 0 Å². The highest BCUT2D eigenvalue weighted by molar-refractivity contribution is 5.91. The van der Waals surface area contributed by atoms with Crippen LogP contribution < -0.4 is 5.73 Å². The van der Waals surface area contributed by atoms with E-state index in [1.807, 2.05) is 0 Å². The van der Waals surface area contributed by atoms with E-state index in [2.05, 4.69) is 19.9 Å². The summed E-state index contributed by atoms with van der Waals surface area (Å²) in [5, 5.41) is 8.41. The molecule has 9 heteroatoms.